The second-order valence-corrected chi connectivity index (χ2v) is 3.30. The monoisotopic (exact) mass is 185 g/mol. The van der Waals surface area contributed by atoms with Crippen molar-refractivity contribution in [3.05, 3.63) is 53.6 Å². The van der Waals surface area contributed by atoms with Crippen LogP contribution in [-0.4, -0.2) is 6.21 Å². The first-order valence-corrected chi connectivity index (χ1v) is 4.60. The van der Waals surface area contributed by atoms with Gasteiger partial charge in [-0.15, -0.1) is 0 Å². The van der Waals surface area contributed by atoms with Crippen molar-refractivity contribution in [2.45, 2.75) is 13.8 Å². The predicted octanol–water partition coefficient (Wildman–Crippen LogP) is 3.58. The zero-order valence-corrected chi connectivity index (χ0v) is 8.67. The summed E-state index contributed by atoms with van der Waals surface area (Å²) in [5, 5.41) is 7.26. The summed E-state index contributed by atoms with van der Waals surface area (Å²) in [6.45, 7) is 7.72. The normalized spacial score (nSPS) is 11.1. The Morgan fingerprint density at radius 1 is 1.43 bits per heavy atom. The molecule has 0 radical (unpaired) electrons. The molecule has 0 atom stereocenters. The van der Waals surface area contributed by atoms with E-state index in [-0.39, 0.29) is 0 Å². The van der Waals surface area contributed by atoms with Gasteiger partial charge in [0.2, 0.25) is 0 Å². The third kappa shape index (κ3) is 2.19. The third-order valence-corrected chi connectivity index (χ3v) is 2.26. The highest BCUT2D eigenvalue weighted by atomic mass is 14.3. The molecule has 0 aromatic heterocycles. The average molecular weight is 185 g/mol. The van der Waals surface area contributed by atoms with Crippen LogP contribution in [0.2, 0.25) is 0 Å². The van der Waals surface area contributed by atoms with Crippen LogP contribution in [0, 0.1) is 12.3 Å². The summed E-state index contributed by atoms with van der Waals surface area (Å²) in [5.41, 5.74) is 4.42. The Kier molecular flexibility index (Phi) is 3.41. The van der Waals surface area contributed by atoms with Gasteiger partial charge in [-0.25, -0.2) is 0 Å². The van der Waals surface area contributed by atoms with E-state index >= 15 is 0 Å². The molecule has 0 saturated heterocycles. The molecule has 1 rings (SSSR count). The highest BCUT2D eigenvalue weighted by Gasteiger charge is 1.98. The van der Waals surface area contributed by atoms with Crippen LogP contribution in [0.1, 0.15) is 23.6 Å². The lowest BCUT2D eigenvalue weighted by Crippen LogP contribution is -1.88. The first-order chi connectivity index (χ1) is 6.69. The summed E-state index contributed by atoms with van der Waals surface area (Å²) in [6, 6.07) is 6.13. The minimum absolute atomic E-state index is 0.972. The quantitative estimate of drug-likeness (QED) is 0.549. The molecule has 0 fully saturated rings. The SMILES string of the molecule is C=C/C=C(\C)c1ccc(C)c(C=N)c1. The average Bonchev–Trinajstić information content (AvgIpc) is 2.19. The van der Waals surface area contributed by atoms with Crippen LogP contribution >= 0.6 is 0 Å². The predicted molar refractivity (Wildman–Crippen MR) is 62.9 cm³/mol. The molecule has 0 aliphatic rings. The lowest BCUT2D eigenvalue weighted by Gasteiger charge is -2.04. The Hall–Kier alpha value is -1.63. The summed E-state index contributed by atoms with van der Waals surface area (Å²) >= 11 is 0. The van der Waals surface area contributed by atoms with Crippen molar-refractivity contribution in [3.8, 4) is 0 Å². The van der Waals surface area contributed by atoms with Crippen molar-refractivity contribution in [1.29, 1.82) is 5.41 Å². The Morgan fingerprint density at radius 3 is 2.71 bits per heavy atom. The van der Waals surface area contributed by atoms with E-state index in [9.17, 15) is 0 Å². The lowest BCUT2D eigenvalue weighted by molar-refractivity contribution is 1.41. The molecule has 0 amide bonds. The fraction of sp³-hybridized carbons (Fsp3) is 0.154. The highest BCUT2D eigenvalue weighted by Crippen LogP contribution is 2.17. The lowest BCUT2D eigenvalue weighted by atomic mass is 10.0. The van der Waals surface area contributed by atoms with Gasteiger partial charge < -0.3 is 5.41 Å². The van der Waals surface area contributed by atoms with Crippen LogP contribution in [0.25, 0.3) is 5.57 Å². The van der Waals surface area contributed by atoms with E-state index in [1.165, 1.54) is 11.8 Å². The molecule has 14 heavy (non-hydrogen) atoms. The Balaban J connectivity index is 3.18. The summed E-state index contributed by atoms with van der Waals surface area (Å²) < 4.78 is 0. The minimum Gasteiger partial charge on any atom is -0.308 e. The fourth-order valence-corrected chi connectivity index (χ4v) is 1.31. The molecule has 1 heteroatoms. The minimum atomic E-state index is 0.972. The maximum Gasteiger partial charge on any atom is 0.0253 e. The van der Waals surface area contributed by atoms with E-state index in [2.05, 4.69) is 12.6 Å². The Labute approximate surface area is 85.3 Å². The van der Waals surface area contributed by atoms with Gasteiger partial charge in [-0.05, 0) is 42.2 Å². The molecular weight excluding hydrogens is 170 g/mol. The second-order valence-electron chi connectivity index (χ2n) is 3.30. The first kappa shape index (κ1) is 10.5. The van der Waals surface area contributed by atoms with Crippen molar-refractivity contribution in [2.75, 3.05) is 0 Å². The van der Waals surface area contributed by atoms with Crippen LogP contribution < -0.4 is 0 Å². The van der Waals surface area contributed by atoms with Gasteiger partial charge in [-0.2, -0.15) is 0 Å². The molecule has 0 spiro atoms. The standard InChI is InChI=1S/C13H15N/c1-4-5-10(2)12-7-6-11(3)13(8-12)9-14/h4-9,14H,1H2,2-3H3/b10-5+,14-9?. The molecule has 0 unspecified atom stereocenters. The van der Waals surface area contributed by atoms with E-state index in [0.717, 1.165) is 16.7 Å². The van der Waals surface area contributed by atoms with E-state index in [1.807, 2.05) is 32.1 Å². The van der Waals surface area contributed by atoms with Crippen LogP contribution in [0.5, 0.6) is 0 Å². The van der Waals surface area contributed by atoms with Gasteiger partial charge in [-0.3, -0.25) is 0 Å². The number of hydrogen-bond donors (Lipinski definition) is 1. The van der Waals surface area contributed by atoms with Gasteiger partial charge in [-0.1, -0.05) is 30.9 Å². The number of hydrogen-bond acceptors (Lipinski definition) is 1. The van der Waals surface area contributed by atoms with Gasteiger partial charge in [0, 0.05) is 6.21 Å². The Bertz CT molecular complexity index is 386. The molecule has 0 bridgehead atoms. The molecule has 0 heterocycles. The van der Waals surface area contributed by atoms with Crippen LogP contribution in [0.3, 0.4) is 0 Å². The number of nitrogens with one attached hydrogen (secondary N) is 1. The number of allylic oxidation sites excluding steroid dienone is 3. The molecule has 0 aliphatic heterocycles. The third-order valence-electron chi connectivity index (χ3n) is 2.26. The van der Waals surface area contributed by atoms with Gasteiger partial charge in [0.25, 0.3) is 0 Å². The molecule has 0 aliphatic carbocycles. The number of aryl methyl sites for hydroxylation is 1. The van der Waals surface area contributed by atoms with Gasteiger partial charge in [0.05, 0.1) is 0 Å². The summed E-state index contributed by atoms with van der Waals surface area (Å²) in [6.07, 6.45) is 5.14. The van der Waals surface area contributed by atoms with Gasteiger partial charge in [0.15, 0.2) is 0 Å². The topological polar surface area (TPSA) is 23.9 Å². The molecular formula is C13H15N. The smallest absolute Gasteiger partial charge is 0.0253 e. The van der Waals surface area contributed by atoms with Crippen molar-refractivity contribution in [1.82, 2.24) is 0 Å². The number of rotatable bonds is 3. The summed E-state index contributed by atoms with van der Waals surface area (Å²) in [4.78, 5) is 0. The van der Waals surface area contributed by atoms with Crippen LogP contribution in [-0.2, 0) is 0 Å². The van der Waals surface area contributed by atoms with Crippen molar-refractivity contribution < 1.29 is 0 Å². The van der Waals surface area contributed by atoms with Gasteiger partial charge >= 0.3 is 0 Å². The largest absolute Gasteiger partial charge is 0.308 e. The molecule has 0 saturated carbocycles. The van der Waals surface area contributed by atoms with Crippen molar-refractivity contribution >= 4 is 11.8 Å². The highest BCUT2D eigenvalue weighted by molar-refractivity contribution is 5.81. The molecule has 1 nitrogen and oxygen atoms in total. The van der Waals surface area contributed by atoms with E-state index < -0.39 is 0 Å². The molecule has 72 valence electrons. The maximum atomic E-state index is 7.26. The zero-order chi connectivity index (χ0) is 10.6. The fourth-order valence-electron chi connectivity index (χ4n) is 1.31. The summed E-state index contributed by atoms with van der Waals surface area (Å²) in [5.74, 6) is 0. The maximum absolute atomic E-state index is 7.26. The first-order valence-electron chi connectivity index (χ1n) is 4.60. The van der Waals surface area contributed by atoms with Crippen LogP contribution in [0.15, 0.2) is 36.9 Å². The Morgan fingerprint density at radius 2 is 2.14 bits per heavy atom. The molecule has 1 aromatic rings. The van der Waals surface area contributed by atoms with E-state index in [0.29, 0.717) is 0 Å². The van der Waals surface area contributed by atoms with Crippen molar-refractivity contribution in [3.63, 3.8) is 0 Å². The number of benzene rings is 1. The zero-order valence-electron chi connectivity index (χ0n) is 8.67. The molecule has 1 aromatic carbocycles. The van der Waals surface area contributed by atoms with E-state index in [4.69, 9.17) is 5.41 Å². The van der Waals surface area contributed by atoms with Gasteiger partial charge in [0.1, 0.15) is 0 Å². The summed E-state index contributed by atoms with van der Waals surface area (Å²) in [7, 11) is 0. The van der Waals surface area contributed by atoms with Crippen molar-refractivity contribution in [2.24, 2.45) is 0 Å². The van der Waals surface area contributed by atoms with E-state index in [1.54, 1.807) is 6.08 Å². The molecule has 1 N–H and O–H groups in total. The second kappa shape index (κ2) is 4.56. The van der Waals surface area contributed by atoms with Crippen LogP contribution in [0.4, 0.5) is 0 Å².